The van der Waals surface area contributed by atoms with Crippen LogP contribution in [0.1, 0.15) is 11.1 Å². The third kappa shape index (κ3) is 5.94. The first-order valence-electron chi connectivity index (χ1n) is 10.00. The van der Waals surface area contributed by atoms with Gasteiger partial charge in [-0.2, -0.15) is 9.90 Å². The van der Waals surface area contributed by atoms with E-state index in [-0.39, 0.29) is 13.2 Å². The van der Waals surface area contributed by atoms with E-state index in [4.69, 9.17) is 27.9 Å². The lowest BCUT2D eigenvalue weighted by molar-refractivity contribution is -0.122. The second-order valence-corrected chi connectivity index (χ2v) is 7.79. The highest BCUT2D eigenvalue weighted by atomic mass is 35.5. The fourth-order valence-electron chi connectivity index (χ4n) is 2.88. The molecule has 1 heterocycles. The smallest absolute Gasteiger partial charge is 0.263 e. The molecule has 0 aliphatic rings. The molecule has 0 aliphatic carbocycles. The van der Waals surface area contributed by atoms with Crippen molar-refractivity contribution in [1.29, 1.82) is 0 Å². The van der Waals surface area contributed by atoms with Gasteiger partial charge in [0.05, 0.1) is 16.3 Å². The molecule has 4 aromatic rings. The number of ether oxygens (including phenoxy) is 1. The summed E-state index contributed by atoms with van der Waals surface area (Å²) in [5.41, 5.74) is 4.03. The minimum Gasteiger partial charge on any atom is -0.489 e. The van der Waals surface area contributed by atoms with E-state index in [0.29, 0.717) is 32.7 Å². The van der Waals surface area contributed by atoms with Crippen molar-refractivity contribution < 1.29 is 13.9 Å². The van der Waals surface area contributed by atoms with Crippen LogP contribution >= 0.6 is 23.2 Å². The van der Waals surface area contributed by atoms with Gasteiger partial charge in [-0.3, -0.25) is 4.79 Å². The fraction of sp³-hybridized carbons (Fsp3) is 0.0870. The van der Waals surface area contributed by atoms with Crippen LogP contribution < -0.4 is 10.2 Å². The van der Waals surface area contributed by atoms with E-state index in [0.717, 1.165) is 10.4 Å². The minimum atomic E-state index is -0.430. The van der Waals surface area contributed by atoms with Gasteiger partial charge in [0.25, 0.3) is 5.91 Å². The number of halogens is 3. The van der Waals surface area contributed by atoms with Gasteiger partial charge in [-0.05, 0) is 59.3 Å². The summed E-state index contributed by atoms with van der Waals surface area (Å²) < 4.78 is 19.4. The number of hydrogen-bond donors (Lipinski definition) is 1. The number of rotatable bonds is 8. The summed E-state index contributed by atoms with van der Waals surface area (Å²) in [6, 6.07) is 18.4. The van der Waals surface area contributed by atoms with Gasteiger partial charge in [-0.25, -0.2) is 9.82 Å². The molecule has 0 fully saturated rings. The standard InChI is InChI=1S/C23H17Cl2FN6O2/c24-19-5-2-1-4-17(19)23-29-31-32(30-23)13-22(33)28-27-12-15-8-10-16(11-9-15)34-14-18-20(25)6-3-7-21(18)26/h1-12H,13-14H2,(H,28,33)/b27-12-. The quantitative estimate of drug-likeness (QED) is 0.284. The van der Waals surface area contributed by atoms with E-state index in [2.05, 4.69) is 25.9 Å². The number of nitrogens with one attached hydrogen (secondary N) is 1. The van der Waals surface area contributed by atoms with Crippen LogP contribution in [0, 0.1) is 5.82 Å². The van der Waals surface area contributed by atoms with E-state index in [1.165, 1.54) is 18.3 Å². The summed E-state index contributed by atoms with van der Waals surface area (Å²) in [4.78, 5) is 13.3. The predicted molar refractivity (Wildman–Crippen MR) is 126 cm³/mol. The topological polar surface area (TPSA) is 94.3 Å². The van der Waals surface area contributed by atoms with Crippen LogP contribution in [-0.4, -0.2) is 32.3 Å². The number of nitrogens with zero attached hydrogens (tertiary/aromatic N) is 5. The van der Waals surface area contributed by atoms with Crippen LogP contribution in [0.2, 0.25) is 10.0 Å². The van der Waals surface area contributed by atoms with Crippen LogP contribution in [0.4, 0.5) is 4.39 Å². The average molecular weight is 499 g/mol. The number of aromatic nitrogens is 4. The summed E-state index contributed by atoms with van der Waals surface area (Å²) in [5.74, 6) is 0.00261. The van der Waals surface area contributed by atoms with Crippen molar-refractivity contribution in [2.45, 2.75) is 13.2 Å². The number of benzene rings is 3. The molecule has 0 atom stereocenters. The summed E-state index contributed by atoms with van der Waals surface area (Å²) in [5, 5.41) is 16.7. The number of amides is 1. The molecule has 1 aromatic heterocycles. The molecule has 0 spiro atoms. The molecule has 1 N–H and O–H groups in total. The predicted octanol–water partition coefficient (Wildman–Crippen LogP) is 4.52. The molecule has 0 radical (unpaired) electrons. The highest BCUT2D eigenvalue weighted by Crippen LogP contribution is 2.24. The lowest BCUT2D eigenvalue weighted by Gasteiger charge is -2.08. The zero-order valence-corrected chi connectivity index (χ0v) is 19.0. The molecule has 1 amide bonds. The molecule has 34 heavy (non-hydrogen) atoms. The summed E-state index contributed by atoms with van der Waals surface area (Å²) in [6.45, 7) is -0.163. The third-order valence-corrected chi connectivity index (χ3v) is 5.26. The molecule has 8 nitrogen and oxygen atoms in total. The van der Waals surface area contributed by atoms with Gasteiger partial charge in [-0.1, -0.05) is 41.4 Å². The average Bonchev–Trinajstić information content (AvgIpc) is 3.28. The molecule has 172 valence electrons. The van der Waals surface area contributed by atoms with E-state index >= 15 is 0 Å². The van der Waals surface area contributed by atoms with Crippen LogP contribution in [0.25, 0.3) is 11.4 Å². The van der Waals surface area contributed by atoms with E-state index in [9.17, 15) is 9.18 Å². The monoisotopic (exact) mass is 498 g/mol. The summed E-state index contributed by atoms with van der Waals surface area (Å²) >= 11 is 12.1. The van der Waals surface area contributed by atoms with Gasteiger partial charge >= 0.3 is 0 Å². The SMILES string of the molecule is O=C(Cn1nnc(-c2ccccc2Cl)n1)N/N=C\c1ccc(OCc2c(F)cccc2Cl)cc1. The number of carbonyl (C=O) groups excluding carboxylic acids is 1. The van der Waals surface area contributed by atoms with Crippen molar-refractivity contribution in [3.63, 3.8) is 0 Å². The van der Waals surface area contributed by atoms with Crippen molar-refractivity contribution in [2.24, 2.45) is 5.10 Å². The van der Waals surface area contributed by atoms with Gasteiger partial charge < -0.3 is 4.74 Å². The third-order valence-electron chi connectivity index (χ3n) is 4.58. The van der Waals surface area contributed by atoms with Gasteiger partial charge in [0.15, 0.2) is 0 Å². The largest absolute Gasteiger partial charge is 0.489 e. The number of tetrazole rings is 1. The molecular formula is C23H17Cl2FN6O2. The van der Waals surface area contributed by atoms with Crippen molar-refractivity contribution in [3.8, 4) is 17.1 Å². The lowest BCUT2D eigenvalue weighted by Crippen LogP contribution is -2.24. The Balaban J connectivity index is 1.27. The van der Waals surface area contributed by atoms with Crippen LogP contribution in [-0.2, 0) is 17.9 Å². The maximum Gasteiger partial charge on any atom is 0.263 e. The Hall–Kier alpha value is -3.82. The number of hydrazone groups is 1. The molecule has 0 unspecified atom stereocenters. The van der Waals surface area contributed by atoms with E-state index < -0.39 is 11.7 Å². The Morgan fingerprint density at radius 2 is 1.82 bits per heavy atom. The van der Waals surface area contributed by atoms with Crippen molar-refractivity contribution >= 4 is 35.3 Å². The van der Waals surface area contributed by atoms with Gasteiger partial charge in [-0.15, -0.1) is 10.2 Å². The Kier molecular flexibility index (Phi) is 7.46. The van der Waals surface area contributed by atoms with Crippen molar-refractivity contribution in [2.75, 3.05) is 0 Å². The zero-order valence-electron chi connectivity index (χ0n) is 17.5. The fourth-order valence-corrected chi connectivity index (χ4v) is 3.32. The minimum absolute atomic E-state index is 0.00348. The van der Waals surface area contributed by atoms with E-state index in [1.54, 1.807) is 54.6 Å². The molecule has 0 bridgehead atoms. The van der Waals surface area contributed by atoms with Gasteiger partial charge in [0, 0.05) is 11.1 Å². The second kappa shape index (κ2) is 10.9. The maximum absolute atomic E-state index is 13.8. The van der Waals surface area contributed by atoms with Crippen molar-refractivity contribution in [3.05, 3.63) is 93.7 Å². The zero-order chi connectivity index (χ0) is 23.9. The van der Waals surface area contributed by atoms with Crippen LogP contribution in [0.3, 0.4) is 0 Å². The second-order valence-electron chi connectivity index (χ2n) is 6.97. The Bertz CT molecular complexity index is 1310. The molecular weight excluding hydrogens is 482 g/mol. The molecule has 3 aromatic carbocycles. The van der Waals surface area contributed by atoms with E-state index in [1.807, 2.05) is 0 Å². The molecule has 0 aliphatic heterocycles. The highest BCUT2D eigenvalue weighted by Gasteiger charge is 2.11. The lowest BCUT2D eigenvalue weighted by atomic mass is 10.2. The van der Waals surface area contributed by atoms with Gasteiger partial charge in [0.1, 0.15) is 24.7 Å². The first kappa shape index (κ1) is 23.3. The summed E-state index contributed by atoms with van der Waals surface area (Å²) in [6.07, 6.45) is 1.47. The molecule has 11 heteroatoms. The van der Waals surface area contributed by atoms with Crippen LogP contribution in [0.5, 0.6) is 5.75 Å². The normalized spacial score (nSPS) is 11.0. The van der Waals surface area contributed by atoms with Crippen LogP contribution in [0.15, 0.2) is 71.8 Å². The molecule has 0 saturated carbocycles. The number of carbonyl (C=O) groups is 1. The highest BCUT2D eigenvalue weighted by molar-refractivity contribution is 6.33. The Morgan fingerprint density at radius 3 is 2.59 bits per heavy atom. The number of hydrogen-bond acceptors (Lipinski definition) is 6. The Morgan fingerprint density at radius 1 is 1.06 bits per heavy atom. The van der Waals surface area contributed by atoms with Crippen molar-refractivity contribution in [1.82, 2.24) is 25.6 Å². The first-order chi connectivity index (χ1) is 16.5. The van der Waals surface area contributed by atoms with Gasteiger partial charge in [0.2, 0.25) is 5.82 Å². The maximum atomic E-state index is 13.8. The Labute approximate surface area is 204 Å². The molecule has 0 saturated heterocycles. The summed E-state index contributed by atoms with van der Waals surface area (Å²) in [7, 11) is 0. The first-order valence-corrected chi connectivity index (χ1v) is 10.8. The molecule has 4 rings (SSSR count).